The van der Waals surface area contributed by atoms with Crippen molar-refractivity contribution in [2.75, 3.05) is 6.79 Å². The van der Waals surface area contributed by atoms with Crippen LogP contribution in [0.4, 0.5) is 4.39 Å². The van der Waals surface area contributed by atoms with Crippen LogP contribution in [0, 0.1) is 5.82 Å². The molecule has 0 aliphatic carbocycles. The Morgan fingerprint density at radius 2 is 2.33 bits per heavy atom. The molecule has 2 N–H and O–H groups in total. The molecule has 1 aliphatic heterocycles. The normalized spacial score (nSPS) is 16.7. The molecule has 0 saturated carbocycles. The van der Waals surface area contributed by atoms with Crippen molar-refractivity contribution in [3.63, 3.8) is 0 Å². The van der Waals surface area contributed by atoms with E-state index in [1.165, 1.54) is 6.07 Å². The van der Waals surface area contributed by atoms with Crippen LogP contribution in [-0.2, 0) is 17.8 Å². The fraction of sp³-hybridized carbons (Fsp3) is 0.455. The lowest BCUT2D eigenvalue weighted by Gasteiger charge is -2.21. The van der Waals surface area contributed by atoms with Crippen LogP contribution in [0.25, 0.3) is 0 Å². The van der Waals surface area contributed by atoms with Crippen molar-refractivity contribution in [3.05, 3.63) is 29.1 Å². The Bertz CT molecular complexity index is 366. The Balaban J connectivity index is 2.39. The van der Waals surface area contributed by atoms with Crippen molar-refractivity contribution in [2.45, 2.75) is 26.0 Å². The van der Waals surface area contributed by atoms with E-state index >= 15 is 0 Å². The van der Waals surface area contributed by atoms with Crippen LogP contribution in [0.3, 0.4) is 0 Å². The number of rotatable bonds is 2. The number of nitrogens with two attached hydrogens (primary N) is 1. The molecule has 3 nitrogen and oxygen atoms in total. The second-order valence-electron chi connectivity index (χ2n) is 3.81. The molecule has 15 heavy (non-hydrogen) atoms. The highest BCUT2D eigenvalue weighted by Crippen LogP contribution is 2.30. The van der Waals surface area contributed by atoms with Gasteiger partial charge in [0.15, 0.2) is 6.79 Å². The quantitative estimate of drug-likeness (QED) is 0.807. The van der Waals surface area contributed by atoms with E-state index in [0.717, 1.165) is 5.56 Å². The van der Waals surface area contributed by atoms with Gasteiger partial charge in [-0.2, -0.15) is 0 Å². The first-order valence-electron chi connectivity index (χ1n) is 4.95. The van der Waals surface area contributed by atoms with Crippen molar-refractivity contribution in [3.8, 4) is 5.75 Å². The molecule has 82 valence electrons. The molecule has 1 aliphatic rings. The van der Waals surface area contributed by atoms with E-state index < -0.39 is 0 Å². The Morgan fingerprint density at radius 1 is 1.53 bits per heavy atom. The lowest BCUT2D eigenvalue weighted by Crippen LogP contribution is -2.21. The zero-order valence-corrected chi connectivity index (χ0v) is 8.63. The molecule has 0 amide bonds. The standard InChI is InChI=1S/C11H14FNO2/c1-7(13)4-8-2-3-10(12)9-5-14-6-15-11(8)9/h2-3,7H,4-6,13H2,1H3. The van der Waals surface area contributed by atoms with E-state index in [9.17, 15) is 4.39 Å². The van der Waals surface area contributed by atoms with E-state index in [4.69, 9.17) is 15.2 Å². The van der Waals surface area contributed by atoms with Gasteiger partial charge in [0.25, 0.3) is 0 Å². The van der Waals surface area contributed by atoms with Gasteiger partial charge >= 0.3 is 0 Å². The van der Waals surface area contributed by atoms with Crippen molar-refractivity contribution in [2.24, 2.45) is 5.73 Å². The Morgan fingerprint density at radius 3 is 3.07 bits per heavy atom. The minimum absolute atomic E-state index is 0.0333. The van der Waals surface area contributed by atoms with Crippen LogP contribution in [0.2, 0.25) is 0 Å². The average Bonchev–Trinajstić information content (AvgIpc) is 2.22. The molecule has 0 aromatic heterocycles. The molecule has 1 heterocycles. The zero-order valence-electron chi connectivity index (χ0n) is 8.63. The molecule has 0 fully saturated rings. The smallest absolute Gasteiger partial charge is 0.189 e. The van der Waals surface area contributed by atoms with Crippen molar-refractivity contribution >= 4 is 0 Å². The second-order valence-corrected chi connectivity index (χ2v) is 3.81. The van der Waals surface area contributed by atoms with Gasteiger partial charge in [-0.25, -0.2) is 4.39 Å². The summed E-state index contributed by atoms with van der Waals surface area (Å²) >= 11 is 0. The van der Waals surface area contributed by atoms with Gasteiger partial charge in [0, 0.05) is 6.04 Å². The summed E-state index contributed by atoms with van der Waals surface area (Å²) < 4.78 is 23.8. The molecule has 0 saturated heterocycles. The number of hydrogen-bond donors (Lipinski definition) is 1. The number of halogens is 1. The largest absolute Gasteiger partial charge is 0.467 e. The molecule has 1 aromatic rings. The number of fused-ring (bicyclic) bond motifs is 1. The van der Waals surface area contributed by atoms with Gasteiger partial charge in [0.2, 0.25) is 0 Å². The molecule has 2 rings (SSSR count). The summed E-state index contributed by atoms with van der Waals surface area (Å²) in [6, 6.07) is 3.20. The first kappa shape index (κ1) is 10.4. The average molecular weight is 211 g/mol. The third-order valence-electron chi connectivity index (χ3n) is 2.36. The Kier molecular flexibility index (Phi) is 2.88. The minimum atomic E-state index is -0.280. The fourth-order valence-corrected chi connectivity index (χ4v) is 1.72. The maximum atomic E-state index is 13.4. The molecule has 0 radical (unpaired) electrons. The van der Waals surface area contributed by atoms with Crippen LogP contribution in [0.5, 0.6) is 5.75 Å². The van der Waals surface area contributed by atoms with E-state index in [1.807, 2.05) is 6.92 Å². The summed E-state index contributed by atoms with van der Waals surface area (Å²) in [5, 5.41) is 0. The minimum Gasteiger partial charge on any atom is -0.467 e. The van der Waals surface area contributed by atoms with Gasteiger partial charge < -0.3 is 15.2 Å². The zero-order chi connectivity index (χ0) is 10.8. The van der Waals surface area contributed by atoms with E-state index in [2.05, 4.69) is 0 Å². The molecular formula is C11H14FNO2. The van der Waals surface area contributed by atoms with Crippen LogP contribution >= 0.6 is 0 Å². The summed E-state index contributed by atoms with van der Waals surface area (Å²) in [5.74, 6) is 0.330. The summed E-state index contributed by atoms with van der Waals surface area (Å²) in [6.45, 7) is 2.37. The van der Waals surface area contributed by atoms with Crippen molar-refractivity contribution < 1.29 is 13.9 Å². The maximum Gasteiger partial charge on any atom is 0.189 e. The van der Waals surface area contributed by atoms with Gasteiger partial charge in [-0.1, -0.05) is 6.07 Å². The van der Waals surface area contributed by atoms with E-state index in [1.54, 1.807) is 6.07 Å². The van der Waals surface area contributed by atoms with Gasteiger partial charge in [0.05, 0.1) is 12.2 Å². The molecule has 1 aromatic carbocycles. The lowest BCUT2D eigenvalue weighted by molar-refractivity contribution is -0.0189. The number of hydrogen-bond acceptors (Lipinski definition) is 3. The third-order valence-corrected chi connectivity index (χ3v) is 2.36. The maximum absolute atomic E-state index is 13.4. The number of ether oxygens (including phenoxy) is 2. The summed E-state index contributed by atoms with van der Waals surface area (Å²) in [5.41, 5.74) is 7.16. The number of benzene rings is 1. The van der Waals surface area contributed by atoms with Gasteiger partial charge in [-0.15, -0.1) is 0 Å². The van der Waals surface area contributed by atoms with Crippen LogP contribution in [0.15, 0.2) is 12.1 Å². The third kappa shape index (κ3) is 2.11. The van der Waals surface area contributed by atoms with Crippen molar-refractivity contribution in [1.82, 2.24) is 0 Å². The Labute approximate surface area is 88.0 Å². The first-order valence-corrected chi connectivity index (χ1v) is 4.95. The van der Waals surface area contributed by atoms with Crippen molar-refractivity contribution in [1.29, 1.82) is 0 Å². The molecule has 0 bridgehead atoms. The van der Waals surface area contributed by atoms with Gasteiger partial charge in [-0.05, 0) is 25.0 Å². The Hall–Kier alpha value is -1.13. The van der Waals surface area contributed by atoms with Crippen LogP contribution < -0.4 is 10.5 Å². The topological polar surface area (TPSA) is 44.5 Å². The predicted octanol–water partition coefficient (Wildman–Crippen LogP) is 1.58. The SMILES string of the molecule is CC(N)Cc1ccc(F)c2c1OCOC2. The predicted molar refractivity (Wildman–Crippen MR) is 54.0 cm³/mol. The van der Waals surface area contributed by atoms with E-state index in [-0.39, 0.29) is 25.3 Å². The van der Waals surface area contributed by atoms with Crippen LogP contribution in [-0.4, -0.2) is 12.8 Å². The van der Waals surface area contributed by atoms with Gasteiger partial charge in [-0.3, -0.25) is 0 Å². The summed E-state index contributed by atoms with van der Waals surface area (Å²) in [7, 11) is 0. The second kappa shape index (κ2) is 4.16. The lowest BCUT2D eigenvalue weighted by atomic mass is 10.0. The summed E-state index contributed by atoms with van der Waals surface area (Å²) in [6.07, 6.45) is 0.683. The molecule has 4 heteroatoms. The highest BCUT2D eigenvalue weighted by molar-refractivity contribution is 5.43. The first-order chi connectivity index (χ1) is 7.18. The summed E-state index contributed by atoms with van der Waals surface area (Å²) in [4.78, 5) is 0. The highest BCUT2D eigenvalue weighted by atomic mass is 19.1. The molecule has 0 spiro atoms. The highest BCUT2D eigenvalue weighted by Gasteiger charge is 2.19. The monoisotopic (exact) mass is 211 g/mol. The fourth-order valence-electron chi connectivity index (χ4n) is 1.72. The molecule has 1 atom stereocenters. The van der Waals surface area contributed by atoms with Gasteiger partial charge in [0.1, 0.15) is 11.6 Å². The van der Waals surface area contributed by atoms with Crippen LogP contribution in [0.1, 0.15) is 18.1 Å². The molecular weight excluding hydrogens is 197 g/mol. The van der Waals surface area contributed by atoms with E-state index in [0.29, 0.717) is 17.7 Å². The molecule has 1 unspecified atom stereocenters.